The molecule has 0 saturated carbocycles. The van der Waals surface area contributed by atoms with E-state index in [0.717, 1.165) is 13.0 Å². The van der Waals surface area contributed by atoms with Crippen LogP contribution in [0.2, 0.25) is 0 Å². The Morgan fingerprint density at radius 1 is 1.50 bits per heavy atom. The second-order valence-corrected chi connectivity index (χ2v) is 5.29. The van der Waals surface area contributed by atoms with Gasteiger partial charge in [-0.2, -0.15) is 5.10 Å². The number of hydrogen-bond donors (Lipinski definition) is 1. The summed E-state index contributed by atoms with van der Waals surface area (Å²) in [5, 5.41) is 7.82. The zero-order chi connectivity index (χ0) is 12.8. The Labute approximate surface area is 110 Å². The van der Waals surface area contributed by atoms with Gasteiger partial charge in [-0.05, 0) is 38.4 Å². The second-order valence-electron chi connectivity index (χ2n) is 5.29. The van der Waals surface area contributed by atoms with Crippen LogP contribution in [-0.2, 0) is 13.5 Å². The third-order valence-electron chi connectivity index (χ3n) is 3.79. The van der Waals surface area contributed by atoms with E-state index < -0.39 is 0 Å². The van der Waals surface area contributed by atoms with Gasteiger partial charge in [0.05, 0.1) is 0 Å². The molecule has 0 aromatic carbocycles. The lowest BCUT2D eigenvalue weighted by Crippen LogP contribution is -2.39. The molecule has 4 heteroatoms. The van der Waals surface area contributed by atoms with Crippen LogP contribution in [0, 0.1) is 0 Å². The fourth-order valence-electron chi connectivity index (χ4n) is 2.75. The van der Waals surface area contributed by atoms with Gasteiger partial charge in [-0.25, -0.2) is 0 Å². The molecule has 0 radical (unpaired) electrons. The van der Waals surface area contributed by atoms with E-state index in [1.807, 2.05) is 17.9 Å². The average Bonchev–Trinajstić information content (AvgIpc) is 2.98. The van der Waals surface area contributed by atoms with Crippen molar-refractivity contribution in [1.29, 1.82) is 0 Å². The number of nitrogens with one attached hydrogen (secondary N) is 1. The Morgan fingerprint density at radius 3 is 3.00 bits per heavy atom. The maximum absolute atomic E-state index is 4.23. The molecule has 2 rings (SSSR count). The van der Waals surface area contributed by atoms with Crippen LogP contribution in [-0.4, -0.2) is 46.9 Å². The van der Waals surface area contributed by atoms with Crippen molar-refractivity contribution in [3.63, 3.8) is 0 Å². The summed E-state index contributed by atoms with van der Waals surface area (Å²) >= 11 is 0. The van der Waals surface area contributed by atoms with Gasteiger partial charge >= 0.3 is 0 Å². The van der Waals surface area contributed by atoms with Gasteiger partial charge in [-0.1, -0.05) is 6.92 Å². The first-order valence-electron chi connectivity index (χ1n) is 7.22. The quantitative estimate of drug-likeness (QED) is 0.794. The van der Waals surface area contributed by atoms with Crippen LogP contribution in [0.3, 0.4) is 0 Å². The minimum Gasteiger partial charge on any atom is -0.313 e. The normalized spacial score (nSPS) is 19.8. The summed E-state index contributed by atoms with van der Waals surface area (Å²) in [7, 11) is 2.03. The minimum atomic E-state index is 0.711. The van der Waals surface area contributed by atoms with Crippen molar-refractivity contribution < 1.29 is 0 Å². The molecule has 2 heterocycles. The minimum absolute atomic E-state index is 0.711. The van der Waals surface area contributed by atoms with Crippen molar-refractivity contribution in [3.8, 4) is 0 Å². The molecule has 1 N–H and O–H groups in total. The second kappa shape index (κ2) is 6.90. The van der Waals surface area contributed by atoms with Gasteiger partial charge < -0.3 is 10.2 Å². The van der Waals surface area contributed by atoms with E-state index in [9.17, 15) is 0 Å². The summed E-state index contributed by atoms with van der Waals surface area (Å²) in [6.45, 7) is 7.01. The molecule has 1 aliphatic heterocycles. The monoisotopic (exact) mass is 250 g/mol. The van der Waals surface area contributed by atoms with Gasteiger partial charge in [0.15, 0.2) is 0 Å². The molecule has 102 valence electrons. The highest BCUT2D eigenvalue weighted by atomic mass is 15.3. The molecule has 1 aromatic heterocycles. The van der Waals surface area contributed by atoms with Crippen LogP contribution in [0.5, 0.6) is 0 Å². The highest BCUT2D eigenvalue weighted by molar-refractivity contribution is 5.00. The standard InChI is InChI=1S/C14H26N4/c1-3-10-18(12-13-5-4-8-15-13)11-7-14-6-9-16-17(14)2/h6,9,13,15H,3-5,7-8,10-12H2,1-2H3. The number of aromatic nitrogens is 2. The van der Waals surface area contributed by atoms with E-state index >= 15 is 0 Å². The fraction of sp³-hybridized carbons (Fsp3) is 0.786. The summed E-state index contributed by atoms with van der Waals surface area (Å²) in [6, 6.07) is 2.83. The smallest absolute Gasteiger partial charge is 0.0492 e. The zero-order valence-corrected chi connectivity index (χ0v) is 11.7. The number of hydrogen-bond acceptors (Lipinski definition) is 3. The molecule has 1 atom stereocenters. The van der Waals surface area contributed by atoms with Crippen molar-refractivity contribution in [3.05, 3.63) is 18.0 Å². The van der Waals surface area contributed by atoms with Crippen LogP contribution in [0.15, 0.2) is 12.3 Å². The molecule has 4 nitrogen and oxygen atoms in total. The summed E-state index contributed by atoms with van der Waals surface area (Å²) in [5.74, 6) is 0. The first kappa shape index (κ1) is 13.6. The first-order chi connectivity index (χ1) is 8.79. The van der Waals surface area contributed by atoms with Crippen LogP contribution < -0.4 is 5.32 Å². The largest absolute Gasteiger partial charge is 0.313 e. The summed E-state index contributed by atoms with van der Waals surface area (Å²) in [5.41, 5.74) is 1.33. The molecule has 1 unspecified atom stereocenters. The molecule has 0 bridgehead atoms. The van der Waals surface area contributed by atoms with Gasteiger partial charge in [-0.3, -0.25) is 4.68 Å². The Hall–Kier alpha value is -0.870. The third kappa shape index (κ3) is 3.82. The van der Waals surface area contributed by atoms with Crippen molar-refractivity contribution in [2.45, 2.75) is 38.6 Å². The van der Waals surface area contributed by atoms with E-state index in [4.69, 9.17) is 0 Å². The molecule has 1 aromatic rings. The van der Waals surface area contributed by atoms with Gasteiger partial charge in [0.1, 0.15) is 0 Å². The van der Waals surface area contributed by atoms with Crippen LogP contribution in [0.25, 0.3) is 0 Å². The number of aryl methyl sites for hydroxylation is 1. The first-order valence-corrected chi connectivity index (χ1v) is 7.22. The lowest BCUT2D eigenvalue weighted by molar-refractivity contribution is 0.251. The maximum Gasteiger partial charge on any atom is 0.0492 e. The Bertz CT molecular complexity index is 341. The van der Waals surface area contributed by atoms with Crippen LogP contribution >= 0.6 is 0 Å². The molecule has 0 amide bonds. The Morgan fingerprint density at radius 2 is 2.39 bits per heavy atom. The Kier molecular flexibility index (Phi) is 5.20. The van der Waals surface area contributed by atoms with Gasteiger partial charge in [0, 0.05) is 44.5 Å². The maximum atomic E-state index is 4.23. The van der Waals surface area contributed by atoms with E-state index in [1.54, 1.807) is 0 Å². The van der Waals surface area contributed by atoms with E-state index in [0.29, 0.717) is 6.04 Å². The van der Waals surface area contributed by atoms with E-state index in [-0.39, 0.29) is 0 Å². The van der Waals surface area contributed by atoms with Crippen molar-refractivity contribution in [1.82, 2.24) is 20.0 Å². The Balaban J connectivity index is 1.79. The van der Waals surface area contributed by atoms with Gasteiger partial charge in [0.2, 0.25) is 0 Å². The van der Waals surface area contributed by atoms with Crippen molar-refractivity contribution in [2.24, 2.45) is 7.05 Å². The van der Waals surface area contributed by atoms with Crippen LogP contribution in [0.1, 0.15) is 31.9 Å². The zero-order valence-electron chi connectivity index (χ0n) is 11.7. The highest BCUT2D eigenvalue weighted by Gasteiger charge is 2.17. The van der Waals surface area contributed by atoms with E-state index in [1.165, 1.54) is 44.6 Å². The predicted octanol–water partition coefficient (Wildman–Crippen LogP) is 1.43. The summed E-state index contributed by atoms with van der Waals surface area (Å²) in [6.07, 6.45) is 6.90. The third-order valence-corrected chi connectivity index (χ3v) is 3.79. The summed E-state index contributed by atoms with van der Waals surface area (Å²) in [4.78, 5) is 2.59. The summed E-state index contributed by atoms with van der Waals surface area (Å²) < 4.78 is 1.98. The molecular weight excluding hydrogens is 224 g/mol. The highest BCUT2D eigenvalue weighted by Crippen LogP contribution is 2.08. The van der Waals surface area contributed by atoms with Gasteiger partial charge in [-0.15, -0.1) is 0 Å². The topological polar surface area (TPSA) is 33.1 Å². The average molecular weight is 250 g/mol. The molecule has 1 saturated heterocycles. The van der Waals surface area contributed by atoms with E-state index in [2.05, 4.69) is 28.3 Å². The SMILES string of the molecule is CCCN(CCc1ccnn1C)CC1CCCN1. The fourth-order valence-corrected chi connectivity index (χ4v) is 2.75. The lowest BCUT2D eigenvalue weighted by Gasteiger charge is -2.25. The number of rotatable bonds is 7. The van der Waals surface area contributed by atoms with Gasteiger partial charge in [0.25, 0.3) is 0 Å². The molecule has 0 aliphatic carbocycles. The molecule has 0 spiro atoms. The predicted molar refractivity (Wildman–Crippen MR) is 74.7 cm³/mol. The molecule has 1 aliphatic rings. The van der Waals surface area contributed by atoms with Crippen molar-refractivity contribution in [2.75, 3.05) is 26.2 Å². The lowest BCUT2D eigenvalue weighted by atomic mass is 10.2. The molecule has 1 fully saturated rings. The van der Waals surface area contributed by atoms with Crippen molar-refractivity contribution >= 4 is 0 Å². The molecule has 18 heavy (non-hydrogen) atoms. The molecular formula is C14H26N4. The number of nitrogens with zero attached hydrogens (tertiary/aromatic N) is 3. The van der Waals surface area contributed by atoms with Crippen LogP contribution in [0.4, 0.5) is 0 Å².